The van der Waals surface area contributed by atoms with E-state index < -0.39 is 5.97 Å². The summed E-state index contributed by atoms with van der Waals surface area (Å²) in [5, 5.41) is 17.0. The Morgan fingerprint density at radius 3 is 2.71 bits per heavy atom. The van der Waals surface area contributed by atoms with E-state index >= 15 is 0 Å². The van der Waals surface area contributed by atoms with E-state index in [0.717, 1.165) is 29.3 Å². The van der Waals surface area contributed by atoms with E-state index in [1.807, 2.05) is 25.5 Å². The number of nitrogens with one attached hydrogen (secondary N) is 1. The quantitative estimate of drug-likeness (QED) is 0.659. The van der Waals surface area contributed by atoms with Gasteiger partial charge in [0.2, 0.25) is 0 Å². The Morgan fingerprint density at radius 1 is 1.38 bits per heavy atom. The molecule has 0 aliphatic carbocycles. The van der Waals surface area contributed by atoms with Gasteiger partial charge in [0.05, 0.1) is 11.9 Å². The summed E-state index contributed by atoms with van der Waals surface area (Å²) in [4.78, 5) is 18.1. The number of carboxylic acid groups (broad SMARTS) is 1. The molecule has 0 saturated carbocycles. The van der Waals surface area contributed by atoms with E-state index in [0.29, 0.717) is 18.0 Å². The van der Waals surface area contributed by atoms with Gasteiger partial charge in [0.25, 0.3) is 0 Å². The number of aromatic nitrogens is 2. The minimum absolute atomic E-state index is 0. The number of rotatable bonds is 3. The molecule has 0 amide bonds. The smallest absolute Gasteiger partial charge is 0.357 e. The normalized spacial score (nSPS) is 26.0. The minimum Gasteiger partial charge on any atom is -0.476 e. The molecule has 2 aliphatic rings. The van der Waals surface area contributed by atoms with E-state index in [1.165, 1.54) is 12.8 Å². The highest BCUT2D eigenvalue weighted by Gasteiger charge is 2.40. The van der Waals surface area contributed by atoms with Gasteiger partial charge in [-0.25, -0.2) is 4.79 Å². The van der Waals surface area contributed by atoms with Gasteiger partial charge in [-0.3, -0.25) is 10.1 Å². The second kappa shape index (κ2) is 6.43. The first-order chi connectivity index (χ1) is 11.2. The fraction of sp³-hybridized carbons (Fsp3) is 0.471. The van der Waals surface area contributed by atoms with Crippen molar-refractivity contribution in [1.29, 1.82) is 0 Å². The van der Waals surface area contributed by atoms with Crippen molar-refractivity contribution in [3.05, 3.63) is 29.5 Å². The highest BCUT2D eigenvalue weighted by Crippen LogP contribution is 2.44. The van der Waals surface area contributed by atoms with Gasteiger partial charge in [0.15, 0.2) is 5.69 Å². The molecule has 2 unspecified atom stereocenters. The number of halogens is 1. The Kier molecular flexibility index (Phi) is 4.49. The molecule has 2 atom stereocenters. The number of hydrogen-bond donors (Lipinski definition) is 2. The number of aromatic carboxylic acids is 1. The molecule has 7 heteroatoms. The van der Waals surface area contributed by atoms with E-state index in [4.69, 9.17) is 0 Å². The van der Waals surface area contributed by atoms with Gasteiger partial charge < -0.3 is 10.0 Å². The average molecular weight is 349 g/mol. The van der Waals surface area contributed by atoms with Gasteiger partial charge in [-0.15, -0.1) is 12.4 Å². The molecule has 1 aromatic heterocycles. The van der Waals surface area contributed by atoms with Gasteiger partial charge >= 0.3 is 5.97 Å². The summed E-state index contributed by atoms with van der Waals surface area (Å²) in [5.41, 5.74) is 2.07. The number of aliphatic imine (C=N–C) groups is 1. The lowest BCUT2D eigenvalue weighted by atomic mass is 9.83. The zero-order valence-electron chi connectivity index (χ0n) is 13.5. The maximum atomic E-state index is 11.5. The Bertz CT molecular complexity index is 774. The van der Waals surface area contributed by atoms with E-state index in [1.54, 1.807) is 0 Å². The number of aromatic amines is 1. The zero-order chi connectivity index (χ0) is 16.0. The topological polar surface area (TPSA) is 81.6 Å². The lowest BCUT2D eigenvalue weighted by Gasteiger charge is -2.38. The summed E-state index contributed by atoms with van der Waals surface area (Å²) in [6, 6.07) is 6.98. The van der Waals surface area contributed by atoms with Crippen molar-refractivity contribution >= 4 is 35.6 Å². The van der Waals surface area contributed by atoms with Gasteiger partial charge in [-0.2, -0.15) is 5.10 Å². The van der Waals surface area contributed by atoms with Crippen molar-refractivity contribution in [2.75, 3.05) is 7.05 Å². The number of H-pyrrole nitrogens is 1. The molecule has 0 spiro atoms. The molecule has 2 aromatic rings. The van der Waals surface area contributed by atoms with Gasteiger partial charge in [-0.1, -0.05) is 12.1 Å². The van der Waals surface area contributed by atoms with E-state index in [2.05, 4.69) is 26.2 Å². The lowest BCUT2D eigenvalue weighted by molar-refractivity contribution is 0.0692. The van der Waals surface area contributed by atoms with E-state index in [9.17, 15) is 9.90 Å². The van der Waals surface area contributed by atoms with Gasteiger partial charge in [-0.05, 0) is 43.2 Å². The van der Waals surface area contributed by atoms with Crippen molar-refractivity contribution in [2.24, 2.45) is 4.99 Å². The molecule has 1 aromatic carbocycles. The first-order valence-electron chi connectivity index (χ1n) is 8.09. The minimum atomic E-state index is -0.970. The maximum absolute atomic E-state index is 11.5. The van der Waals surface area contributed by atoms with Crippen molar-refractivity contribution in [2.45, 2.75) is 43.7 Å². The predicted octanol–water partition coefficient (Wildman–Crippen LogP) is 3.05. The van der Waals surface area contributed by atoms with Crippen molar-refractivity contribution in [3.8, 4) is 0 Å². The number of fused-ring (bicyclic) bond motifs is 3. The van der Waals surface area contributed by atoms with Crippen molar-refractivity contribution < 1.29 is 9.90 Å². The number of piperidine rings is 1. The van der Waals surface area contributed by atoms with Crippen LogP contribution in [-0.4, -0.2) is 51.6 Å². The number of hydrogen-bond acceptors (Lipinski definition) is 3. The Labute approximate surface area is 146 Å². The third kappa shape index (κ3) is 2.55. The standard InChI is InChI=1S/C17H20N4O2.ClH/c1-18-9-21-11-5-6-12(21)8-10(7-11)13-3-2-4-14-15(13)16(17(22)23)20-19-14;/h2-4,9-12H,5-8H2,1H3,(H,19,20)(H,22,23);1H. The van der Waals surface area contributed by atoms with Crippen LogP contribution in [0, 0.1) is 0 Å². The molecule has 128 valence electrons. The average Bonchev–Trinajstić information content (AvgIpc) is 3.06. The van der Waals surface area contributed by atoms with Crippen LogP contribution in [0.5, 0.6) is 0 Å². The molecule has 2 aliphatic heterocycles. The molecule has 2 bridgehead atoms. The molecule has 4 rings (SSSR count). The number of benzene rings is 1. The molecule has 0 radical (unpaired) electrons. The Morgan fingerprint density at radius 2 is 2.08 bits per heavy atom. The maximum Gasteiger partial charge on any atom is 0.357 e. The van der Waals surface area contributed by atoms with Crippen LogP contribution in [0.3, 0.4) is 0 Å². The van der Waals surface area contributed by atoms with Crippen LogP contribution in [0.4, 0.5) is 0 Å². The van der Waals surface area contributed by atoms with Crippen LogP contribution < -0.4 is 0 Å². The van der Waals surface area contributed by atoms with Crippen molar-refractivity contribution in [1.82, 2.24) is 15.1 Å². The van der Waals surface area contributed by atoms with Crippen LogP contribution in [0.1, 0.15) is 47.7 Å². The summed E-state index contributed by atoms with van der Waals surface area (Å²) in [5.74, 6) is -0.587. The first kappa shape index (κ1) is 16.8. The fourth-order valence-corrected chi connectivity index (χ4v) is 4.38. The molecule has 2 N–H and O–H groups in total. The summed E-state index contributed by atoms with van der Waals surface area (Å²) >= 11 is 0. The third-order valence-corrected chi connectivity index (χ3v) is 5.30. The van der Waals surface area contributed by atoms with Gasteiger partial charge in [0, 0.05) is 24.5 Å². The molecule has 6 nitrogen and oxygen atoms in total. The van der Waals surface area contributed by atoms with Gasteiger partial charge in [0.1, 0.15) is 0 Å². The van der Waals surface area contributed by atoms with E-state index in [-0.39, 0.29) is 18.1 Å². The summed E-state index contributed by atoms with van der Waals surface area (Å²) in [6.07, 6.45) is 6.46. The molecular formula is C17H21ClN4O2. The number of carboxylic acids is 1. The number of nitrogens with zero attached hydrogens (tertiary/aromatic N) is 3. The molecular weight excluding hydrogens is 328 g/mol. The second-order valence-electron chi connectivity index (χ2n) is 6.52. The van der Waals surface area contributed by atoms with Crippen molar-refractivity contribution in [3.63, 3.8) is 0 Å². The second-order valence-corrected chi connectivity index (χ2v) is 6.52. The summed E-state index contributed by atoms with van der Waals surface area (Å²) in [6.45, 7) is 0. The number of carbonyl (C=O) groups is 1. The molecule has 24 heavy (non-hydrogen) atoms. The zero-order valence-corrected chi connectivity index (χ0v) is 14.3. The largest absolute Gasteiger partial charge is 0.476 e. The highest BCUT2D eigenvalue weighted by molar-refractivity contribution is 6.02. The van der Waals surface area contributed by atoms with Crippen LogP contribution in [0.2, 0.25) is 0 Å². The SMILES string of the molecule is CN=CN1C2CCC1CC(c1cccc3[nH]nc(C(=O)O)c13)C2.Cl. The lowest BCUT2D eigenvalue weighted by Crippen LogP contribution is -2.41. The molecule has 2 fully saturated rings. The predicted molar refractivity (Wildman–Crippen MR) is 95.3 cm³/mol. The first-order valence-corrected chi connectivity index (χ1v) is 8.09. The highest BCUT2D eigenvalue weighted by atomic mass is 35.5. The Balaban J connectivity index is 0.00000169. The molecule has 3 heterocycles. The molecule has 2 saturated heterocycles. The van der Waals surface area contributed by atoms with Crippen LogP contribution in [0.25, 0.3) is 10.9 Å². The van der Waals surface area contributed by atoms with Crippen LogP contribution in [-0.2, 0) is 0 Å². The monoisotopic (exact) mass is 348 g/mol. The van der Waals surface area contributed by atoms with Crippen LogP contribution >= 0.6 is 12.4 Å². The summed E-state index contributed by atoms with van der Waals surface area (Å²) < 4.78 is 0. The fourth-order valence-electron chi connectivity index (χ4n) is 4.38. The van der Waals surface area contributed by atoms with Crippen LogP contribution in [0.15, 0.2) is 23.2 Å². The third-order valence-electron chi connectivity index (χ3n) is 5.30. The summed E-state index contributed by atoms with van der Waals surface area (Å²) in [7, 11) is 1.82. The Hall–Kier alpha value is -2.08.